The van der Waals surface area contributed by atoms with Crippen LogP contribution >= 0.6 is 11.8 Å². The number of amides is 1. The number of hydrogen-bond acceptors (Lipinski definition) is 5. The smallest absolute Gasteiger partial charge is 0.251 e. The van der Waals surface area contributed by atoms with Crippen LogP contribution in [0.3, 0.4) is 0 Å². The third-order valence-electron chi connectivity index (χ3n) is 4.99. The molecular formula is C20H22N2O4S2. The van der Waals surface area contributed by atoms with Crippen molar-refractivity contribution in [2.75, 3.05) is 32.1 Å². The zero-order valence-corrected chi connectivity index (χ0v) is 17.0. The van der Waals surface area contributed by atoms with Crippen LogP contribution in [0.15, 0.2) is 58.3 Å². The Morgan fingerprint density at radius 2 is 1.79 bits per heavy atom. The maximum atomic E-state index is 12.7. The number of benzene rings is 2. The Hall–Kier alpha value is -1.87. The van der Waals surface area contributed by atoms with E-state index in [1.165, 1.54) is 21.3 Å². The van der Waals surface area contributed by atoms with Gasteiger partial charge in [0.1, 0.15) is 0 Å². The SMILES string of the molecule is O=C(NC1CCSc2ccccc21)c1ccc(S(=O)(=O)N2CCOCC2)cc1. The molecule has 0 bridgehead atoms. The van der Waals surface area contributed by atoms with E-state index in [1.807, 2.05) is 18.2 Å². The van der Waals surface area contributed by atoms with Crippen LogP contribution in [0.4, 0.5) is 0 Å². The molecule has 0 saturated carbocycles. The molecule has 0 radical (unpaired) electrons. The largest absolute Gasteiger partial charge is 0.379 e. The van der Waals surface area contributed by atoms with Crippen LogP contribution in [0, 0.1) is 0 Å². The molecule has 4 rings (SSSR count). The lowest BCUT2D eigenvalue weighted by Crippen LogP contribution is -2.40. The molecular weight excluding hydrogens is 396 g/mol. The molecule has 1 fully saturated rings. The van der Waals surface area contributed by atoms with Crippen molar-refractivity contribution in [2.24, 2.45) is 0 Å². The number of morpholine rings is 1. The van der Waals surface area contributed by atoms with Crippen LogP contribution in [0.2, 0.25) is 0 Å². The number of rotatable bonds is 4. The Morgan fingerprint density at radius 3 is 2.54 bits per heavy atom. The summed E-state index contributed by atoms with van der Waals surface area (Å²) in [5.74, 6) is 0.764. The fourth-order valence-electron chi connectivity index (χ4n) is 3.45. The Kier molecular flexibility index (Phi) is 5.73. The predicted molar refractivity (Wildman–Crippen MR) is 108 cm³/mol. The van der Waals surface area contributed by atoms with Crippen molar-refractivity contribution in [3.8, 4) is 0 Å². The second-order valence-corrected chi connectivity index (χ2v) is 9.82. The van der Waals surface area contributed by atoms with Gasteiger partial charge in [-0.1, -0.05) is 18.2 Å². The van der Waals surface area contributed by atoms with Gasteiger partial charge in [-0.05, 0) is 42.3 Å². The number of fused-ring (bicyclic) bond motifs is 1. The molecule has 1 unspecified atom stereocenters. The highest BCUT2D eigenvalue weighted by atomic mass is 32.2. The molecule has 8 heteroatoms. The number of carbonyl (C=O) groups is 1. The van der Waals surface area contributed by atoms with E-state index in [0.717, 1.165) is 17.7 Å². The number of nitrogens with zero attached hydrogens (tertiary/aromatic N) is 1. The van der Waals surface area contributed by atoms with Gasteiger partial charge in [-0.2, -0.15) is 4.31 Å². The standard InChI is InChI=1S/C20H22N2O4S2/c23-20(21-18-9-14-27-19-4-2-1-3-17(18)19)15-5-7-16(8-6-15)28(24,25)22-10-12-26-13-11-22/h1-8,18H,9-14H2,(H,21,23). The summed E-state index contributed by atoms with van der Waals surface area (Å²) in [4.78, 5) is 14.1. The van der Waals surface area contributed by atoms with Crippen LogP contribution in [0.5, 0.6) is 0 Å². The Bertz CT molecular complexity index is 954. The van der Waals surface area contributed by atoms with Crippen LogP contribution in [-0.2, 0) is 14.8 Å². The van der Waals surface area contributed by atoms with Crippen molar-refractivity contribution in [1.82, 2.24) is 9.62 Å². The topological polar surface area (TPSA) is 75.7 Å². The lowest BCUT2D eigenvalue weighted by atomic mass is 10.0. The molecule has 148 valence electrons. The first-order chi connectivity index (χ1) is 13.6. The van der Waals surface area contributed by atoms with Gasteiger partial charge >= 0.3 is 0 Å². The number of carbonyl (C=O) groups excluding carboxylic acids is 1. The predicted octanol–water partition coefficient (Wildman–Crippen LogP) is 2.67. The minimum Gasteiger partial charge on any atom is -0.379 e. The summed E-state index contributed by atoms with van der Waals surface area (Å²) in [6.07, 6.45) is 0.872. The van der Waals surface area contributed by atoms with Gasteiger partial charge in [0.05, 0.1) is 24.2 Å². The zero-order chi connectivity index (χ0) is 19.6. The molecule has 2 heterocycles. The van der Waals surface area contributed by atoms with Crippen molar-refractivity contribution >= 4 is 27.7 Å². The van der Waals surface area contributed by atoms with Gasteiger partial charge in [-0.15, -0.1) is 11.8 Å². The van der Waals surface area contributed by atoms with E-state index in [4.69, 9.17) is 4.74 Å². The Labute approximate surface area is 169 Å². The van der Waals surface area contributed by atoms with E-state index >= 15 is 0 Å². The van der Waals surface area contributed by atoms with E-state index in [1.54, 1.807) is 23.9 Å². The van der Waals surface area contributed by atoms with Crippen molar-refractivity contribution < 1.29 is 17.9 Å². The summed E-state index contributed by atoms with van der Waals surface area (Å²) in [7, 11) is -3.55. The lowest BCUT2D eigenvalue weighted by molar-refractivity contribution is 0.0730. The first-order valence-electron chi connectivity index (χ1n) is 9.26. The molecule has 0 aliphatic carbocycles. The normalized spacial score (nSPS) is 20.4. The summed E-state index contributed by atoms with van der Waals surface area (Å²) < 4.78 is 32.0. The number of hydrogen-bond donors (Lipinski definition) is 1. The minimum atomic E-state index is -3.55. The average molecular weight is 419 g/mol. The van der Waals surface area contributed by atoms with Crippen molar-refractivity contribution in [3.05, 3.63) is 59.7 Å². The number of ether oxygens (including phenoxy) is 1. The van der Waals surface area contributed by atoms with Crippen molar-refractivity contribution in [3.63, 3.8) is 0 Å². The van der Waals surface area contributed by atoms with Gasteiger partial charge in [0.25, 0.3) is 5.91 Å². The Morgan fingerprint density at radius 1 is 1.07 bits per heavy atom. The van der Waals surface area contributed by atoms with Gasteiger partial charge in [0, 0.05) is 29.3 Å². The van der Waals surface area contributed by atoms with Crippen LogP contribution in [0.25, 0.3) is 0 Å². The first kappa shape index (κ1) is 19.4. The number of thioether (sulfide) groups is 1. The molecule has 2 aliphatic rings. The summed E-state index contributed by atoms with van der Waals surface area (Å²) in [6, 6.07) is 14.2. The van der Waals surface area contributed by atoms with Crippen molar-refractivity contribution in [2.45, 2.75) is 22.3 Å². The molecule has 1 atom stereocenters. The molecule has 6 nitrogen and oxygen atoms in total. The molecule has 2 aromatic carbocycles. The molecule has 1 saturated heterocycles. The Balaban J connectivity index is 1.48. The van der Waals surface area contributed by atoms with Gasteiger partial charge in [0.2, 0.25) is 10.0 Å². The molecule has 1 N–H and O–H groups in total. The molecule has 0 spiro atoms. The summed E-state index contributed by atoms with van der Waals surface area (Å²) in [5.41, 5.74) is 1.59. The average Bonchev–Trinajstić information content (AvgIpc) is 2.75. The number of sulfonamides is 1. The molecule has 28 heavy (non-hydrogen) atoms. The van der Waals surface area contributed by atoms with Crippen molar-refractivity contribution in [1.29, 1.82) is 0 Å². The maximum Gasteiger partial charge on any atom is 0.251 e. The van der Waals surface area contributed by atoms with E-state index in [0.29, 0.717) is 31.9 Å². The summed E-state index contributed by atoms with van der Waals surface area (Å²) in [6.45, 7) is 1.51. The van der Waals surface area contributed by atoms with E-state index < -0.39 is 10.0 Å². The molecule has 2 aromatic rings. The van der Waals surface area contributed by atoms with E-state index in [2.05, 4.69) is 11.4 Å². The van der Waals surface area contributed by atoms with Crippen LogP contribution in [-0.4, -0.2) is 50.7 Å². The van der Waals surface area contributed by atoms with E-state index in [9.17, 15) is 13.2 Å². The number of nitrogens with one attached hydrogen (secondary N) is 1. The lowest BCUT2D eigenvalue weighted by Gasteiger charge is -2.26. The second kappa shape index (κ2) is 8.24. The quantitative estimate of drug-likeness (QED) is 0.826. The van der Waals surface area contributed by atoms with Crippen LogP contribution in [0.1, 0.15) is 28.4 Å². The monoisotopic (exact) mass is 418 g/mol. The van der Waals surface area contributed by atoms with Gasteiger partial charge in [-0.25, -0.2) is 8.42 Å². The highest BCUT2D eigenvalue weighted by Gasteiger charge is 2.27. The first-order valence-corrected chi connectivity index (χ1v) is 11.7. The third kappa shape index (κ3) is 3.96. The highest BCUT2D eigenvalue weighted by Crippen LogP contribution is 2.35. The summed E-state index contributed by atoms with van der Waals surface area (Å²) >= 11 is 1.80. The zero-order valence-electron chi connectivity index (χ0n) is 15.3. The maximum absolute atomic E-state index is 12.7. The van der Waals surface area contributed by atoms with Crippen LogP contribution < -0.4 is 5.32 Å². The van der Waals surface area contributed by atoms with Gasteiger partial charge in [0.15, 0.2) is 0 Å². The second-order valence-electron chi connectivity index (χ2n) is 6.74. The summed E-state index contributed by atoms with van der Waals surface area (Å²) in [5, 5.41) is 3.08. The highest BCUT2D eigenvalue weighted by molar-refractivity contribution is 7.99. The van der Waals surface area contributed by atoms with E-state index in [-0.39, 0.29) is 16.8 Å². The van der Waals surface area contributed by atoms with Gasteiger partial charge in [-0.3, -0.25) is 4.79 Å². The minimum absolute atomic E-state index is 0.0262. The third-order valence-corrected chi connectivity index (χ3v) is 8.02. The molecule has 1 amide bonds. The van der Waals surface area contributed by atoms with Gasteiger partial charge < -0.3 is 10.1 Å². The molecule has 0 aromatic heterocycles. The molecule has 2 aliphatic heterocycles. The fourth-order valence-corrected chi connectivity index (χ4v) is 5.98. The fraction of sp³-hybridized carbons (Fsp3) is 0.350.